The van der Waals surface area contributed by atoms with Crippen LogP contribution < -0.4 is 0 Å². The molecule has 0 aliphatic rings. The van der Waals surface area contributed by atoms with E-state index in [1.807, 2.05) is 47.1 Å². The van der Waals surface area contributed by atoms with Crippen LogP contribution in [0.2, 0.25) is 0 Å². The van der Waals surface area contributed by atoms with Crippen molar-refractivity contribution in [2.24, 2.45) is 0 Å². The van der Waals surface area contributed by atoms with Crippen molar-refractivity contribution in [1.82, 2.24) is 0 Å². The van der Waals surface area contributed by atoms with Gasteiger partial charge in [-0.1, -0.05) is 40.5 Å². The average Bonchev–Trinajstić information content (AvgIpc) is 2.26. The Morgan fingerprint density at radius 3 is 1.88 bits per heavy atom. The van der Waals surface area contributed by atoms with Crippen LogP contribution >= 0.6 is 0 Å². The Bertz CT molecular complexity index is 270. The van der Waals surface area contributed by atoms with Crippen molar-refractivity contribution in [1.29, 1.82) is 0 Å². The molecule has 0 fully saturated rings. The fraction of sp³-hybridized carbons (Fsp3) is 0.533. The molecular weight excluding hydrogens is 285 g/mol. The van der Waals surface area contributed by atoms with Crippen molar-refractivity contribution in [3.8, 4) is 5.75 Å². The van der Waals surface area contributed by atoms with E-state index in [2.05, 4.69) is 19.9 Å². The fourth-order valence-electron chi connectivity index (χ4n) is 1.06. The van der Waals surface area contributed by atoms with E-state index < -0.39 is 0 Å². The van der Waals surface area contributed by atoms with Gasteiger partial charge in [-0.05, 0) is 0 Å². The van der Waals surface area contributed by atoms with Crippen LogP contribution in [-0.4, -0.2) is 5.11 Å². The molecule has 0 aliphatic heterocycles. The topological polar surface area (TPSA) is 20.2 Å². The summed E-state index contributed by atoms with van der Waals surface area (Å²) >= 11 is 0. The van der Waals surface area contributed by atoms with Crippen molar-refractivity contribution in [2.75, 3.05) is 0 Å². The first-order chi connectivity index (χ1) is 7.54. The molecule has 0 heterocycles. The van der Waals surface area contributed by atoms with Crippen LogP contribution in [-0.2, 0) is 32.7 Å². The van der Waals surface area contributed by atoms with Crippen molar-refractivity contribution >= 4 is 0 Å². The first kappa shape index (κ1) is 22.3. The molecule has 0 atom stereocenters. The predicted octanol–water partition coefficient (Wildman–Crippen LogP) is 4.88. The van der Waals surface area contributed by atoms with E-state index in [9.17, 15) is 5.11 Å². The van der Waals surface area contributed by atoms with Gasteiger partial charge < -0.3 is 11.5 Å². The van der Waals surface area contributed by atoms with Gasteiger partial charge in [0.25, 0.3) is 0 Å². The molecule has 2 heteroatoms. The molecular formula is C15H26OY-2. The molecule has 1 nitrogen and oxygen atoms in total. The summed E-state index contributed by atoms with van der Waals surface area (Å²) in [5, 5.41) is 9.55. The average molecular weight is 311 g/mol. The van der Waals surface area contributed by atoms with E-state index in [-0.39, 0.29) is 32.7 Å². The number of aromatic hydroxyl groups is 1. The third-order valence-electron chi connectivity index (χ3n) is 1.81. The molecule has 1 aromatic rings. The SMILES string of the molecule is CC.C[CH-]C.Cc1c[c-]cc(C(C)C)c1O.[Y]. The zero-order valence-corrected chi connectivity index (χ0v) is 15.2. The molecule has 97 valence electrons. The maximum atomic E-state index is 9.55. The normalized spacial score (nSPS) is 8.24. The Labute approximate surface area is 133 Å². The Kier molecular flexibility index (Phi) is 18.6. The van der Waals surface area contributed by atoms with Gasteiger partial charge in [-0.2, -0.15) is 32.0 Å². The number of benzene rings is 1. The minimum Gasteiger partial charge on any atom is -0.533 e. The largest absolute Gasteiger partial charge is 0.533 e. The number of hydrogen-bond donors (Lipinski definition) is 1. The number of rotatable bonds is 1. The van der Waals surface area contributed by atoms with Gasteiger partial charge in [-0.25, -0.2) is 0 Å². The molecule has 1 aromatic carbocycles. The van der Waals surface area contributed by atoms with Crippen molar-refractivity contribution < 1.29 is 37.8 Å². The second-order valence-electron chi connectivity index (χ2n) is 3.67. The summed E-state index contributed by atoms with van der Waals surface area (Å²) in [6, 6.07) is 6.62. The molecule has 0 spiro atoms. The number of phenolic OH excluding ortho intramolecular Hbond substituents is 1. The smallest absolute Gasteiger partial charge is 0.0145 e. The van der Waals surface area contributed by atoms with Crippen molar-refractivity contribution in [2.45, 2.75) is 54.4 Å². The molecule has 0 bridgehead atoms. The molecule has 17 heavy (non-hydrogen) atoms. The third-order valence-corrected chi connectivity index (χ3v) is 1.81. The molecule has 0 aromatic heterocycles. The van der Waals surface area contributed by atoms with Gasteiger partial charge in [0, 0.05) is 38.5 Å². The zero-order valence-electron chi connectivity index (χ0n) is 12.3. The van der Waals surface area contributed by atoms with Crippen LogP contribution in [0.1, 0.15) is 58.6 Å². The summed E-state index contributed by atoms with van der Waals surface area (Å²) in [7, 11) is 0. The van der Waals surface area contributed by atoms with Gasteiger partial charge >= 0.3 is 0 Å². The Balaban J connectivity index is -0.000000286. The Morgan fingerprint density at radius 2 is 1.59 bits per heavy atom. The van der Waals surface area contributed by atoms with E-state index in [4.69, 9.17) is 0 Å². The van der Waals surface area contributed by atoms with Crippen molar-refractivity contribution in [3.63, 3.8) is 0 Å². The summed E-state index contributed by atoms with van der Waals surface area (Å²) in [4.78, 5) is 0. The molecule has 1 radical (unpaired) electrons. The summed E-state index contributed by atoms with van der Waals surface area (Å²) in [6.45, 7) is 14.0. The van der Waals surface area contributed by atoms with Crippen LogP contribution in [0.4, 0.5) is 0 Å². The first-order valence-electron chi connectivity index (χ1n) is 5.98. The van der Waals surface area contributed by atoms with Gasteiger partial charge in [-0.15, -0.1) is 11.1 Å². The minimum absolute atomic E-state index is 0. The number of hydrogen-bond acceptors (Lipinski definition) is 1. The van der Waals surface area contributed by atoms with E-state index in [0.29, 0.717) is 11.7 Å². The van der Waals surface area contributed by atoms with E-state index in [1.54, 1.807) is 6.07 Å². The summed E-state index contributed by atoms with van der Waals surface area (Å²) < 4.78 is 0. The predicted molar refractivity (Wildman–Crippen MR) is 72.8 cm³/mol. The quantitative estimate of drug-likeness (QED) is 0.733. The standard InChI is InChI=1S/C10H13O.C3H7.C2H6.Y/c1-7(2)9-6-4-5-8(3)10(9)11;1-3-2;1-2;/h5-7,11H,1-3H3;3H,1-2H3;1-2H3;/q2*-1;;. The first-order valence-corrected chi connectivity index (χ1v) is 5.98. The van der Waals surface area contributed by atoms with Gasteiger partial charge in [0.05, 0.1) is 0 Å². The maximum absolute atomic E-state index is 9.55. The molecule has 0 unspecified atom stereocenters. The Hall–Kier alpha value is 0.124. The van der Waals surface area contributed by atoms with Gasteiger partial charge in [-0.3, -0.25) is 0 Å². The van der Waals surface area contributed by atoms with Gasteiger partial charge in [0.15, 0.2) is 0 Å². The van der Waals surface area contributed by atoms with Crippen molar-refractivity contribution in [3.05, 3.63) is 35.7 Å². The van der Waals surface area contributed by atoms with Crippen LogP contribution in [0.15, 0.2) is 12.1 Å². The fourth-order valence-corrected chi connectivity index (χ4v) is 1.06. The van der Waals surface area contributed by atoms with Crippen LogP contribution in [0.25, 0.3) is 0 Å². The monoisotopic (exact) mass is 311 g/mol. The van der Waals surface area contributed by atoms with E-state index >= 15 is 0 Å². The maximum Gasteiger partial charge on any atom is 0.0145 e. The van der Waals surface area contributed by atoms with Crippen LogP contribution in [0.5, 0.6) is 5.75 Å². The summed E-state index contributed by atoms with van der Waals surface area (Å²) in [6.07, 6.45) is 2.00. The minimum atomic E-state index is 0. The zero-order chi connectivity index (χ0) is 13.1. The second kappa shape index (κ2) is 14.2. The second-order valence-corrected chi connectivity index (χ2v) is 3.67. The van der Waals surface area contributed by atoms with Gasteiger partial charge in [0.2, 0.25) is 0 Å². The molecule has 0 aliphatic carbocycles. The number of aryl methyl sites for hydroxylation is 1. The molecule has 0 saturated carbocycles. The molecule has 1 N–H and O–H groups in total. The number of phenols is 1. The van der Waals surface area contributed by atoms with Crippen LogP contribution in [0.3, 0.4) is 0 Å². The molecule has 0 saturated heterocycles. The third kappa shape index (κ3) is 9.79. The Morgan fingerprint density at radius 1 is 1.18 bits per heavy atom. The van der Waals surface area contributed by atoms with E-state index in [0.717, 1.165) is 11.1 Å². The summed E-state index contributed by atoms with van der Waals surface area (Å²) in [5.41, 5.74) is 1.88. The summed E-state index contributed by atoms with van der Waals surface area (Å²) in [5.74, 6) is 0.782. The molecule has 0 amide bonds. The van der Waals surface area contributed by atoms with Gasteiger partial charge in [0.1, 0.15) is 0 Å². The molecule has 1 rings (SSSR count). The van der Waals surface area contributed by atoms with Crippen LogP contribution in [0, 0.1) is 19.4 Å². The van der Waals surface area contributed by atoms with E-state index in [1.165, 1.54) is 0 Å².